The van der Waals surface area contributed by atoms with Gasteiger partial charge in [-0.2, -0.15) is 0 Å². The van der Waals surface area contributed by atoms with Gasteiger partial charge in [-0.25, -0.2) is 0 Å². The fourth-order valence-electron chi connectivity index (χ4n) is 1.80. The van der Waals surface area contributed by atoms with Crippen molar-refractivity contribution in [1.29, 1.82) is 0 Å². The molecule has 0 N–H and O–H groups in total. The van der Waals surface area contributed by atoms with E-state index in [0.29, 0.717) is 12.5 Å². The SMILES string of the molecule is CC(C)[C@H](OCc1ccccc1)[C@@H](C)C=O. The van der Waals surface area contributed by atoms with E-state index in [1.165, 1.54) is 0 Å². The van der Waals surface area contributed by atoms with Crippen molar-refractivity contribution < 1.29 is 9.53 Å². The smallest absolute Gasteiger partial charge is 0.125 e. The summed E-state index contributed by atoms with van der Waals surface area (Å²) in [6.07, 6.45) is 0.966. The van der Waals surface area contributed by atoms with E-state index in [-0.39, 0.29) is 12.0 Å². The molecule has 0 radical (unpaired) electrons. The minimum Gasteiger partial charge on any atom is -0.373 e. The van der Waals surface area contributed by atoms with Crippen LogP contribution in [0.4, 0.5) is 0 Å². The van der Waals surface area contributed by atoms with Gasteiger partial charge in [-0.05, 0) is 11.5 Å². The third-order valence-corrected chi connectivity index (χ3v) is 2.68. The summed E-state index contributed by atoms with van der Waals surface area (Å²) in [7, 11) is 0. The Bertz CT molecular complexity index is 306. The maximum atomic E-state index is 10.8. The van der Waals surface area contributed by atoms with Gasteiger partial charge in [0.15, 0.2) is 0 Å². The molecule has 0 heterocycles. The van der Waals surface area contributed by atoms with Crippen LogP contribution in [0.15, 0.2) is 30.3 Å². The summed E-state index contributed by atoms with van der Waals surface area (Å²) in [5.74, 6) is 0.299. The zero-order valence-corrected chi connectivity index (χ0v) is 10.2. The van der Waals surface area contributed by atoms with Gasteiger partial charge >= 0.3 is 0 Å². The molecule has 0 saturated heterocycles. The van der Waals surface area contributed by atoms with Crippen LogP contribution in [-0.4, -0.2) is 12.4 Å². The fraction of sp³-hybridized carbons (Fsp3) is 0.500. The largest absolute Gasteiger partial charge is 0.373 e. The number of benzene rings is 1. The van der Waals surface area contributed by atoms with Gasteiger partial charge in [0.25, 0.3) is 0 Å². The maximum Gasteiger partial charge on any atom is 0.125 e. The van der Waals surface area contributed by atoms with Gasteiger partial charge in [0.2, 0.25) is 0 Å². The normalized spacial score (nSPS) is 14.8. The number of aldehydes is 1. The fourth-order valence-corrected chi connectivity index (χ4v) is 1.80. The standard InChI is InChI=1S/C14H20O2/c1-11(2)14(12(3)9-15)16-10-13-7-5-4-6-8-13/h4-9,11-12,14H,10H2,1-3H3/t12-,14-/m0/s1. The van der Waals surface area contributed by atoms with Crippen LogP contribution in [0.1, 0.15) is 26.3 Å². The second-order valence-corrected chi connectivity index (χ2v) is 4.50. The number of carbonyl (C=O) groups is 1. The molecule has 0 saturated carbocycles. The number of carbonyl (C=O) groups excluding carboxylic acids is 1. The van der Waals surface area contributed by atoms with E-state index in [1.54, 1.807) is 0 Å². The van der Waals surface area contributed by atoms with Crippen molar-refractivity contribution in [1.82, 2.24) is 0 Å². The summed E-state index contributed by atoms with van der Waals surface area (Å²) in [4.78, 5) is 10.8. The molecule has 1 aromatic carbocycles. The molecule has 0 spiro atoms. The Morgan fingerprint density at radius 1 is 1.19 bits per heavy atom. The van der Waals surface area contributed by atoms with Crippen molar-refractivity contribution in [2.75, 3.05) is 0 Å². The Balaban J connectivity index is 2.54. The van der Waals surface area contributed by atoms with E-state index in [2.05, 4.69) is 13.8 Å². The summed E-state index contributed by atoms with van der Waals surface area (Å²) >= 11 is 0. The Morgan fingerprint density at radius 2 is 1.81 bits per heavy atom. The van der Waals surface area contributed by atoms with Crippen molar-refractivity contribution in [3.8, 4) is 0 Å². The van der Waals surface area contributed by atoms with Gasteiger partial charge in [-0.1, -0.05) is 51.1 Å². The highest BCUT2D eigenvalue weighted by atomic mass is 16.5. The van der Waals surface area contributed by atoms with Crippen molar-refractivity contribution in [3.05, 3.63) is 35.9 Å². The molecule has 2 heteroatoms. The lowest BCUT2D eigenvalue weighted by Gasteiger charge is -2.24. The molecular weight excluding hydrogens is 200 g/mol. The lowest BCUT2D eigenvalue weighted by atomic mass is 9.96. The molecule has 1 rings (SSSR count). The molecule has 2 atom stereocenters. The predicted molar refractivity (Wildman–Crippen MR) is 65.1 cm³/mol. The van der Waals surface area contributed by atoms with Crippen molar-refractivity contribution in [2.24, 2.45) is 11.8 Å². The minimum absolute atomic E-state index is 0.00212. The highest BCUT2D eigenvalue weighted by molar-refractivity contribution is 5.53. The Hall–Kier alpha value is -1.15. The first kappa shape index (κ1) is 12.9. The molecule has 0 aromatic heterocycles. The molecule has 16 heavy (non-hydrogen) atoms. The van der Waals surface area contributed by atoms with Gasteiger partial charge in [0.1, 0.15) is 6.29 Å². The van der Waals surface area contributed by atoms with Crippen LogP contribution in [0.25, 0.3) is 0 Å². The van der Waals surface area contributed by atoms with Crippen LogP contribution < -0.4 is 0 Å². The summed E-state index contributed by atoms with van der Waals surface area (Å²) < 4.78 is 5.81. The van der Waals surface area contributed by atoms with E-state index >= 15 is 0 Å². The molecular formula is C14H20O2. The van der Waals surface area contributed by atoms with Crippen LogP contribution in [0, 0.1) is 11.8 Å². The molecule has 88 valence electrons. The molecule has 0 bridgehead atoms. The second kappa shape index (κ2) is 6.44. The molecule has 0 fully saturated rings. The molecule has 2 nitrogen and oxygen atoms in total. The quantitative estimate of drug-likeness (QED) is 0.689. The van der Waals surface area contributed by atoms with E-state index in [4.69, 9.17) is 4.74 Å². The van der Waals surface area contributed by atoms with Crippen molar-refractivity contribution in [3.63, 3.8) is 0 Å². The van der Waals surface area contributed by atoms with Gasteiger partial charge in [-0.15, -0.1) is 0 Å². The van der Waals surface area contributed by atoms with Gasteiger partial charge in [-0.3, -0.25) is 0 Å². The van der Waals surface area contributed by atoms with Crippen molar-refractivity contribution >= 4 is 6.29 Å². The van der Waals surface area contributed by atoms with Gasteiger partial charge < -0.3 is 9.53 Å². The van der Waals surface area contributed by atoms with Crippen LogP contribution in [0.2, 0.25) is 0 Å². The number of ether oxygens (including phenoxy) is 1. The zero-order valence-electron chi connectivity index (χ0n) is 10.2. The third-order valence-electron chi connectivity index (χ3n) is 2.68. The average Bonchev–Trinajstić information content (AvgIpc) is 2.30. The van der Waals surface area contributed by atoms with E-state index in [9.17, 15) is 4.79 Å². The molecule has 0 aliphatic heterocycles. The lowest BCUT2D eigenvalue weighted by Crippen LogP contribution is -2.28. The van der Waals surface area contributed by atoms with Crippen LogP contribution in [0.5, 0.6) is 0 Å². The average molecular weight is 220 g/mol. The molecule has 1 aromatic rings. The Kier molecular flexibility index (Phi) is 5.20. The third kappa shape index (κ3) is 3.78. The predicted octanol–water partition coefficient (Wildman–Crippen LogP) is 3.06. The molecule has 0 amide bonds. The van der Waals surface area contributed by atoms with Crippen molar-refractivity contribution in [2.45, 2.75) is 33.5 Å². The number of rotatable bonds is 6. The summed E-state index contributed by atoms with van der Waals surface area (Å²) in [5, 5.41) is 0. The Labute approximate surface area is 97.6 Å². The van der Waals surface area contributed by atoms with Crippen LogP contribution >= 0.6 is 0 Å². The van der Waals surface area contributed by atoms with E-state index < -0.39 is 0 Å². The summed E-state index contributed by atoms with van der Waals surface area (Å²) in [5.41, 5.74) is 1.14. The van der Waals surface area contributed by atoms with Crippen LogP contribution in [-0.2, 0) is 16.1 Å². The number of hydrogen-bond donors (Lipinski definition) is 0. The van der Waals surface area contributed by atoms with Gasteiger partial charge in [0, 0.05) is 5.92 Å². The van der Waals surface area contributed by atoms with Gasteiger partial charge in [0.05, 0.1) is 12.7 Å². The lowest BCUT2D eigenvalue weighted by molar-refractivity contribution is -0.117. The monoisotopic (exact) mass is 220 g/mol. The highest BCUT2D eigenvalue weighted by Crippen LogP contribution is 2.17. The van der Waals surface area contributed by atoms with E-state index in [1.807, 2.05) is 37.3 Å². The first-order chi connectivity index (χ1) is 7.65. The zero-order chi connectivity index (χ0) is 12.0. The summed E-state index contributed by atoms with van der Waals surface area (Å²) in [6.45, 7) is 6.63. The summed E-state index contributed by atoms with van der Waals surface area (Å²) in [6, 6.07) is 10.0. The minimum atomic E-state index is -0.0521. The highest BCUT2D eigenvalue weighted by Gasteiger charge is 2.20. The molecule has 0 aliphatic carbocycles. The maximum absolute atomic E-state index is 10.8. The number of hydrogen-bond acceptors (Lipinski definition) is 2. The second-order valence-electron chi connectivity index (χ2n) is 4.50. The van der Waals surface area contributed by atoms with Crippen LogP contribution in [0.3, 0.4) is 0 Å². The molecule has 0 aliphatic rings. The first-order valence-electron chi connectivity index (χ1n) is 5.76. The Morgan fingerprint density at radius 3 is 2.31 bits per heavy atom. The first-order valence-corrected chi connectivity index (χ1v) is 5.76. The van der Waals surface area contributed by atoms with E-state index in [0.717, 1.165) is 11.8 Å². The topological polar surface area (TPSA) is 26.3 Å². The molecule has 0 unspecified atom stereocenters.